The predicted octanol–water partition coefficient (Wildman–Crippen LogP) is 0.501. The van der Waals surface area contributed by atoms with Gasteiger partial charge in [-0.05, 0) is 0 Å². The minimum Gasteiger partial charge on any atom is -0.372 e. The Bertz CT molecular complexity index is 475. The summed E-state index contributed by atoms with van der Waals surface area (Å²) >= 11 is 0. The van der Waals surface area contributed by atoms with E-state index in [9.17, 15) is 0 Å². The highest BCUT2D eigenvalue weighted by Crippen LogP contribution is 2.24. The van der Waals surface area contributed by atoms with E-state index in [1.54, 1.807) is 24.1 Å². The van der Waals surface area contributed by atoms with Crippen LogP contribution >= 0.6 is 0 Å². The lowest BCUT2D eigenvalue weighted by atomic mass is 10.2. The first-order valence-electron chi connectivity index (χ1n) is 4.50. The van der Waals surface area contributed by atoms with Crippen LogP contribution in [0.2, 0.25) is 0 Å². The third kappa shape index (κ3) is 1.74. The van der Waals surface area contributed by atoms with Crippen molar-refractivity contribution in [1.29, 1.82) is 0 Å². The van der Waals surface area contributed by atoms with E-state index in [0.717, 1.165) is 11.1 Å². The second-order valence-corrected chi connectivity index (χ2v) is 3.14. The minimum atomic E-state index is 0.256. The molecule has 0 saturated carbocycles. The van der Waals surface area contributed by atoms with Crippen molar-refractivity contribution in [3.63, 3.8) is 0 Å². The van der Waals surface area contributed by atoms with Crippen LogP contribution in [0.3, 0.4) is 0 Å². The Morgan fingerprint density at radius 1 is 1.40 bits per heavy atom. The predicted molar refractivity (Wildman–Crippen MR) is 58.2 cm³/mol. The van der Waals surface area contributed by atoms with Crippen LogP contribution in [0.4, 0.5) is 11.8 Å². The lowest BCUT2D eigenvalue weighted by Gasteiger charge is -2.05. The molecule has 0 aromatic carbocycles. The Labute approximate surface area is 87.2 Å². The Morgan fingerprint density at radius 3 is 2.80 bits per heavy atom. The average molecular weight is 204 g/mol. The van der Waals surface area contributed by atoms with Gasteiger partial charge in [0.15, 0.2) is 0 Å². The summed E-state index contributed by atoms with van der Waals surface area (Å²) in [7, 11) is 3.66. The highest BCUT2D eigenvalue weighted by Gasteiger charge is 2.08. The van der Waals surface area contributed by atoms with Crippen molar-refractivity contribution in [1.82, 2.24) is 19.7 Å². The molecular weight excluding hydrogens is 192 g/mol. The second-order valence-electron chi connectivity index (χ2n) is 3.14. The van der Waals surface area contributed by atoms with Gasteiger partial charge in [-0.25, -0.2) is 4.98 Å². The highest BCUT2D eigenvalue weighted by molar-refractivity contribution is 5.73. The van der Waals surface area contributed by atoms with Gasteiger partial charge in [-0.3, -0.25) is 4.68 Å². The molecule has 6 nitrogen and oxygen atoms in total. The zero-order chi connectivity index (χ0) is 10.8. The SMILES string of the molecule is CNc1nc(N)ncc1-c1cnn(C)c1. The van der Waals surface area contributed by atoms with Crippen LogP contribution in [0, 0.1) is 0 Å². The third-order valence-electron chi connectivity index (χ3n) is 2.06. The largest absolute Gasteiger partial charge is 0.372 e. The minimum absolute atomic E-state index is 0.256. The molecule has 0 spiro atoms. The van der Waals surface area contributed by atoms with E-state index < -0.39 is 0 Å². The van der Waals surface area contributed by atoms with E-state index >= 15 is 0 Å². The summed E-state index contributed by atoms with van der Waals surface area (Å²) in [6, 6.07) is 0. The smallest absolute Gasteiger partial charge is 0.221 e. The molecule has 78 valence electrons. The molecule has 0 radical (unpaired) electrons. The zero-order valence-electron chi connectivity index (χ0n) is 8.60. The summed E-state index contributed by atoms with van der Waals surface area (Å²) < 4.78 is 1.73. The van der Waals surface area contributed by atoms with Crippen molar-refractivity contribution in [2.45, 2.75) is 0 Å². The van der Waals surface area contributed by atoms with Crippen molar-refractivity contribution in [3.8, 4) is 11.1 Å². The lowest BCUT2D eigenvalue weighted by molar-refractivity contribution is 0.768. The maximum absolute atomic E-state index is 5.50. The van der Waals surface area contributed by atoms with Crippen LogP contribution in [0.25, 0.3) is 11.1 Å². The number of nitrogens with zero attached hydrogens (tertiary/aromatic N) is 4. The molecule has 0 unspecified atom stereocenters. The molecule has 2 aromatic rings. The number of nitrogen functional groups attached to an aromatic ring is 1. The summed E-state index contributed by atoms with van der Waals surface area (Å²) in [4.78, 5) is 8.06. The molecule has 6 heteroatoms. The van der Waals surface area contributed by atoms with Crippen LogP contribution in [0.15, 0.2) is 18.6 Å². The van der Waals surface area contributed by atoms with Gasteiger partial charge in [0.25, 0.3) is 0 Å². The van der Waals surface area contributed by atoms with Gasteiger partial charge < -0.3 is 11.1 Å². The van der Waals surface area contributed by atoms with Gasteiger partial charge in [0.05, 0.1) is 6.20 Å². The fourth-order valence-corrected chi connectivity index (χ4v) is 1.36. The van der Waals surface area contributed by atoms with Crippen LogP contribution in [0.1, 0.15) is 0 Å². The lowest BCUT2D eigenvalue weighted by Crippen LogP contribution is -2.01. The van der Waals surface area contributed by atoms with Crippen molar-refractivity contribution in [2.75, 3.05) is 18.1 Å². The Morgan fingerprint density at radius 2 is 2.20 bits per heavy atom. The van der Waals surface area contributed by atoms with Gasteiger partial charge in [-0.2, -0.15) is 10.1 Å². The van der Waals surface area contributed by atoms with Crippen LogP contribution in [-0.4, -0.2) is 26.8 Å². The van der Waals surface area contributed by atoms with E-state index in [4.69, 9.17) is 5.73 Å². The van der Waals surface area contributed by atoms with Gasteiger partial charge in [-0.1, -0.05) is 0 Å². The van der Waals surface area contributed by atoms with Gasteiger partial charge >= 0.3 is 0 Å². The topological polar surface area (TPSA) is 81.7 Å². The summed E-state index contributed by atoms with van der Waals surface area (Å²) in [6.07, 6.45) is 5.34. The first kappa shape index (κ1) is 9.45. The van der Waals surface area contributed by atoms with Gasteiger partial charge in [0, 0.05) is 37.6 Å². The standard InChI is InChI=1S/C9H12N6/c1-11-8-7(4-12-9(10)14-8)6-3-13-15(2)5-6/h3-5H,1-2H3,(H3,10,11,12,14). The number of hydrogen-bond donors (Lipinski definition) is 2. The van der Waals surface area contributed by atoms with E-state index in [0.29, 0.717) is 5.82 Å². The van der Waals surface area contributed by atoms with Crippen LogP contribution in [-0.2, 0) is 7.05 Å². The van der Waals surface area contributed by atoms with E-state index in [-0.39, 0.29) is 5.95 Å². The molecule has 0 aliphatic rings. The van der Waals surface area contributed by atoms with Crippen LogP contribution < -0.4 is 11.1 Å². The fourth-order valence-electron chi connectivity index (χ4n) is 1.36. The molecule has 2 heterocycles. The average Bonchev–Trinajstić information content (AvgIpc) is 2.64. The quantitative estimate of drug-likeness (QED) is 0.744. The Balaban J connectivity index is 2.52. The van der Waals surface area contributed by atoms with E-state index in [1.807, 2.05) is 13.2 Å². The Hall–Kier alpha value is -2.11. The van der Waals surface area contributed by atoms with Crippen molar-refractivity contribution < 1.29 is 0 Å². The van der Waals surface area contributed by atoms with Gasteiger partial charge in [-0.15, -0.1) is 0 Å². The normalized spacial score (nSPS) is 10.3. The molecule has 0 bridgehead atoms. The first-order valence-corrected chi connectivity index (χ1v) is 4.50. The van der Waals surface area contributed by atoms with Crippen molar-refractivity contribution >= 4 is 11.8 Å². The number of aromatic nitrogens is 4. The van der Waals surface area contributed by atoms with Crippen LogP contribution in [0.5, 0.6) is 0 Å². The fraction of sp³-hybridized carbons (Fsp3) is 0.222. The highest BCUT2D eigenvalue weighted by atomic mass is 15.2. The monoisotopic (exact) mass is 204 g/mol. The second kappa shape index (κ2) is 3.56. The van der Waals surface area contributed by atoms with E-state index in [1.165, 1.54) is 0 Å². The molecule has 0 aliphatic heterocycles. The molecule has 0 fully saturated rings. The molecular formula is C9H12N6. The number of aryl methyl sites for hydroxylation is 1. The number of hydrogen-bond acceptors (Lipinski definition) is 5. The molecule has 0 atom stereocenters. The summed E-state index contributed by atoms with van der Waals surface area (Å²) in [6.45, 7) is 0. The number of anilines is 2. The number of rotatable bonds is 2. The van der Waals surface area contributed by atoms with Crippen molar-refractivity contribution in [3.05, 3.63) is 18.6 Å². The maximum Gasteiger partial charge on any atom is 0.221 e. The number of nitrogens with one attached hydrogen (secondary N) is 1. The van der Waals surface area contributed by atoms with E-state index in [2.05, 4.69) is 20.4 Å². The van der Waals surface area contributed by atoms with Gasteiger partial charge in [0.2, 0.25) is 5.95 Å². The number of nitrogens with two attached hydrogens (primary N) is 1. The molecule has 2 rings (SSSR count). The zero-order valence-corrected chi connectivity index (χ0v) is 8.60. The summed E-state index contributed by atoms with van der Waals surface area (Å²) in [5.41, 5.74) is 7.35. The molecule has 0 amide bonds. The van der Waals surface area contributed by atoms with Crippen molar-refractivity contribution in [2.24, 2.45) is 7.05 Å². The summed E-state index contributed by atoms with van der Waals surface area (Å²) in [5.74, 6) is 0.961. The maximum atomic E-state index is 5.50. The molecule has 3 N–H and O–H groups in total. The third-order valence-corrected chi connectivity index (χ3v) is 2.06. The van der Waals surface area contributed by atoms with Gasteiger partial charge in [0.1, 0.15) is 5.82 Å². The summed E-state index contributed by atoms with van der Waals surface area (Å²) in [5, 5.41) is 7.07. The molecule has 2 aromatic heterocycles. The first-order chi connectivity index (χ1) is 7.20. The molecule has 0 saturated heterocycles. The Kier molecular flexibility index (Phi) is 2.24. The molecule has 15 heavy (non-hydrogen) atoms. The molecule has 0 aliphatic carbocycles.